The number of aromatic nitrogens is 1. The maximum atomic E-state index is 12.5. The number of para-hydroxylation sites is 1. The first kappa shape index (κ1) is 17.4. The van der Waals surface area contributed by atoms with Crippen molar-refractivity contribution in [2.75, 3.05) is 6.54 Å². The Morgan fingerprint density at radius 1 is 1.17 bits per heavy atom. The van der Waals surface area contributed by atoms with Gasteiger partial charge < -0.3 is 10.2 Å². The molecule has 3 aliphatic heterocycles. The number of rotatable bonds is 3. The highest BCUT2D eigenvalue weighted by molar-refractivity contribution is 6.02. The third kappa shape index (κ3) is 2.52. The van der Waals surface area contributed by atoms with E-state index in [1.807, 2.05) is 30.3 Å². The molecule has 4 heterocycles. The fourth-order valence-corrected chi connectivity index (χ4v) is 4.69. The van der Waals surface area contributed by atoms with Crippen molar-refractivity contribution in [2.24, 2.45) is 5.92 Å². The van der Waals surface area contributed by atoms with Crippen LogP contribution in [0.3, 0.4) is 0 Å². The second kappa shape index (κ2) is 6.16. The Hall–Kier alpha value is -3.68. The number of hydrogen-bond acceptors (Lipinski definition) is 4. The SMILES string of the molecule is O=C(O)C1=C(/C=C/c2cnc3ccccc3c2)C[C@@H]2CN(C(=O)O)[C@@H]3C(=O)N1[C@H]23. The number of hydrogen-bond donors (Lipinski definition) is 2. The summed E-state index contributed by atoms with van der Waals surface area (Å²) in [5, 5.41) is 20.1. The average Bonchev–Trinajstić information content (AvgIpc) is 3.08. The summed E-state index contributed by atoms with van der Waals surface area (Å²) in [6.07, 6.45) is 4.46. The summed E-state index contributed by atoms with van der Waals surface area (Å²) in [4.78, 5) is 42.7. The quantitative estimate of drug-likeness (QED) is 0.776. The number of carboxylic acid groups (broad SMARTS) is 2. The zero-order valence-electron chi connectivity index (χ0n) is 15.2. The molecule has 29 heavy (non-hydrogen) atoms. The van der Waals surface area contributed by atoms with E-state index in [1.54, 1.807) is 18.3 Å². The van der Waals surface area contributed by atoms with Gasteiger partial charge in [-0.15, -0.1) is 0 Å². The van der Waals surface area contributed by atoms with Crippen LogP contribution in [0.5, 0.6) is 0 Å². The monoisotopic (exact) mass is 391 g/mol. The molecule has 5 rings (SSSR count). The number of nitrogens with zero attached hydrogens (tertiary/aromatic N) is 3. The predicted molar refractivity (Wildman–Crippen MR) is 103 cm³/mol. The van der Waals surface area contributed by atoms with E-state index in [9.17, 15) is 24.6 Å². The molecule has 2 aromatic rings. The second-order valence-corrected chi connectivity index (χ2v) is 7.52. The van der Waals surface area contributed by atoms with E-state index in [0.29, 0.717) is 12.0 Å². The van der Waals surface area contributed by atoms with Crippen molar-refractivity contribution in [2.45, 2.75) is 18.5 Å². The van der Waals surface area contributed by atoms with Gasteiger partial charge >= 0.3 is 12.1 Å². The summed E-state index contributed by atoms with van der Waals surface area (Å²) in [6, 6.07) is 8.50. The first-order chi connectivity index (χ1) is 14.0. The summed E-state index contributed by atoms with van der Waals surface area (Å²) in [6.45, 7) is 0.231. The molecule has 2 amide bonds. The maximum absolute atomic E-state index is 12.5. The van der Waals surface area contributed by atoms with E-state index in [1.165, 1.54) is 4.90 Å². The van der Waals surface area contributed by atoms with Crippen molar-refractivity contribution in [3.05, 3.63) is 59.4 Å². The summed E-state index contributed by atoms with van der Waals surface area (Å²) in [7, 11) is 0. The lowest BCUT2D eigenvalue weighted by Crippen LogP contribution is -2.69. The molecule has 2 N–H and O–H groups in total. The predicted octanol–water partition coefficient (Wildman–Crippen LogP) is 2.18. The molecule has 0 bridgehead atoms. The van der Waals surface area contributed by atoms with Crippen LogP contribution in [0.1, 0.15) is 12.0 Å². The van der Waals surface area contributed by atoms with Gasteiger partial charge in [-0.1, -0.05) is 30.4 Å². The van der Waals surface area contributed by atoms with Crippen LogP contribution in [0.15, 0.2) is 53.9 Å². The minimum Gasteiger partial charge on any atom is -0.477 e. The van der Waals surface area contributed by atoms with Gasteiger partial charge in [0.2, 0.25) is 0 Å². The van der Waals surface area contributed by atoms with Gasteiger partial charge in [-0.2, -0.15) is 0 Å². The standard InChI is InChI=1S/C21H17N3O5/c25-19-18-16-14(10-23(18)21(28)29)8-13(17(20(26)27)24(16)19)6-5-11-7-12-3-1-2-4-15(12)22-9-11/h1-7,9,14,16,18H,8,10H2,(H,26,27)(H,28,29)/b6-5+/t14-,16-,18+/m1/s1. The Bertz CT molecular complexity index is 1140. The third-order valence-electron chi connectivity index (χ3n) is 5.93. The highest BCUT2D eigenvalue weighted by Gasteiger charge is 2.64. The van der Waals surface area contributed by atoms with Gasteiger partial charge in [0.25, 0.3) is 5.91 Å². The molecular formula is C21H17N3O5. The van der Waals surface area contributed by atoms with Gasteiger partial charge in [-0.05, 0) is 29.7 Å². The first-order valence-electron chi connectivity index (χ1n) is 9.27. The van der Waals surface area contributed by atoms with Crippen LogP contribution in [0.25, 0.3) is 17.0 Å². The molecular weight excluding hydrogens is 374 g/mol. The largest absolute Gasteiger partial charge is 0.477 e. The first-order valence-corrected chi connectivity index (χ1v) is 9.27. The topological polar surface area (TPSA) is 111 Å². The summed E-state index contributed by atoms with van der Waals surface area (Å²) in [5.41, 5.74) is 2.15. The molecule has 1 aromatic heterocycles. The van der Waals surface area contributed by atoms with Crippen LogP contribution in [0, 0.1) is 5.92 Å². The molecule has 3 aliphatic rings. The van der Waals surface area contributed by atoms with E-state index in [-0.39, 0.29) is 24.2 Å². The van der Waals surface area contributed by atoms with Crippen LogP contribution >= 0.6 is 0 Å². The number of pyridine rings is 1. The van der Waals surface area contributed by atoms with E-state index in [2.05, 4.69) is 4.98 Å². The fourth-order valence-electron chi connectivity index (χ4n) is 4.69. The van der Waals surface area contributed by atoms with Crippen molar-refractivity contribution < 1.29 is 24.6 Å². The average molecular weight is 391 g/mol. The van der Waals surface area contributed by atoms with E-state index in [0.717, 1.165) is 21.4 Å². The van der Waals surface area contributed by atoms with E-state index in [4.69, 9.17) is 0 Å². The minimum atomic E-state index is -1.18. The minimum absolute atomic E-state index is 0.0512. The number of likely N-dealkylation sites (tertiary alicyclic amines) is 1. The Kier molecular flexibility index (Phi) is 3.70. The van der Waals surface area contributed by atoms with Crippen LogP contribution in [0.4, 0.5) is 4.79 Å². The lowest BCUT2D eigenvalue weighted by atomic mass is 9.79. The molecule has 0 radical (unpaired) electrons. The summed E-state index contributed by atoms with van der Waals surface area (Å²) < 4.78 is 0. The van der Waals surface area contributed by atoms with Gasteiger partial charge in [-0.3, -0.25) is 19.6 Å². The van der Waals surface area contributed by atoms with Crippen molar-refractivity contribution >= 4 is 34.9 Å². The van der Waals surface area contributed by atoms with Crippen molar-refractivity contribution in [3.63, 3.8) is 0 Å². The van der Waals surface area contributed by atoms with Gasteiger partial charge in [0.05, 0.1) is 11.6 Å². The Labute approximate surface area is 165 Å². The molecule has 0 unspecified atom stereocenters. The Morgan fingerprint density at radius 2 is 1.97 bits per heavy atom. The highest BCUT2D eigenvalue weighted by atomic mass is 16.4. The van der Waals surface area contributed by atoms with Crippen molar-refractivity contribution in [3.8, 4) is 0 Å². The number of benzene rings is 1. The fraction of sp³-hybridized carbons (Fsp3) is 0.238. The molecule has 0 aliphatic carbocycles. The van der Waals surface area contributed by atoms with Crippen LogP contribution in [0.2, 0.25) is 0 Å². The number of β-lactam (4-membered cyclic amide) rings is 1. The van der Waals surface area contributed by atoms with E-state index < -0.39 is 24.0 Å². The molecule has 146 valence electrons. The van der Waals surface area contributed by atoms with Gasteiger partial charge in [0.1, 0.15) is 11.7 Å². The van der Waals surface area contributed by atoms with Crippen molar-refractivity contribution in [1.82, 2.24) is 14.8 Å². The number of amides is 2. The molecule has 8 nitrogen and oxygen atoms in total. The second-order valence-electron chi connectivity index (χ2n) is 7.52. The lowest BCUT2D eigenvalue weighted by Gasteiger charge is -2.49. The van der Waals surface area contributed by atoms with Crippen LogP contribution in [-0.2, 0) is 9.59 Å². The Balaban J connectivity index is 1.50. The van der Waals surface area contributed by atoms with Gasteiger partial charge in [0, 0.05) is 24.0 Å². The molecule has 1 aromatic carbocycles. The normalized spacial score (nSPS) is 25.5. The molecule has 0 spiro atoms. The van der Waals surface area contributed by atoms with Crippen LogP contribution in [-0.4, -0.2) is 61.6 Å². The van der Waals surface area contributed by atoms with Gasteiger partial charge in [0.15, 0.2) is 0 Å². The highest BCUT2D eigenvalue weighted by Crippen LogP contribution is 2.47. The number of aliphatic carboxylic acids is 1. The summed E-state index contributed by atoms with van der Waals surface area (Å²) in [5.74, 6) is -1.75. The number of fused-ring (bicyclic) bond motifs is 1. The number of carbonyl (C=O) groups excluding carboxylic acids is 1. The molecule has 0 saturated carbocycles. The van der Waals surface area contributed by atoms with E-state index >= 15 is 0 Å². The zero-order valence-corrected chi connectivity index (χ0v) is 15.2. The number of allylic oxidation sites excluding steroid dienone is 2. The third-order valence-corrected chi connectivity index (χ3v) is 5.93. The molecule has 3 atom stereocenters. The molecule has 8 heteroatoms. The Morgan fingerprint density at radius 3 is 2.72 bits per heavy atom. The molecule has 2 saturated heterocycles. The molecule has 2 fully saturated rings. The summed E-state index contributed by atoms with van der Waals surface area (Å²) >= 11 is 0. The zero-order chi connectivity index (χ0) is 20.3. The van der Waals surface area contributed by atoms with Gasteiger partial charge in [-0.25, -0.2) is 9.59 Å². The maximum Gasteiger partial charge on any atom is 0.408 e. The smallest absolute Gasteiger partial charge is 0.408 e. The number of carbonyl (C=O) groups is 3. The number of carboxylic acids is 1. The lowest BCUT2D eigenvalue weighted by molar-refractivity contribution is -0.156. The van der Waals surface area contributed by atoms with Crippen LogP contribution < -0.4 is 0 Å². The van der Waals surface area contributed by atoms with Crippen molar-refractivity contribution in [1.29, 1.82) is 0 Å².